The zero-order chi connectivity index (χ0) is 15.9. The summed E-state index contributed by atoms with van der Waals surface area (Å²) in [4.78, 5) is 3.87. The molecule has 1 aromatic heterocycles. The molecule has 0 aliphatic heterocycles. The Kier molecular flexibility index (Phi) is 5.22. The van der Waals surface area contributed by atoms with E-state index in [9.17, 15) is 13.9 Å². The third-order valence-corrected chi connectivity index (χ3v) is 2.75. The highest BCUT2D eigenvalue weighted by molar-refractivity contribution is 5.42. The number of anilines is 1. The Morgan fingerprint density at radius 1 is 1.27 bits per heavy atom. The molecule has 0 aliphatic carbocycles. The molecule has 2 N–H and O–H groups in total. The van der Waals surface area contributed by atoms with E-state index in [0.29, 0.717) is 11.4 Å². The third-order valence-electron chi connectivity index (χ3n) is 2.75. The highest BCUT2D eigenvalue weighted by Crippen LogP contribution is 2.15. The maximum atomic E-state index is 13.0. The summed E-state index contributed by atoms with van der Waals surface area (Å²) in [5, 5.41) is 21.3. The Morgan fingerprint density at radius 2 is 2.09 bits per heavy atom. The van der Waals surface area contributed by atoms with Gasteiger partial charge in [-0.15, -0.1) is 0 Å². The summed E-state index contributed by atoms with van der Waals surface area (Å²) >= 11 is 0. The maximum Gasteiger partial charge on any atom is 0.162 e. The van der Waals surface area contributed by atoms with Crippen molar-refractivity contribution in [1.82, 2.24) is 4.98 Å². The van der Waals surface area contributed by atoms with E-state index in [1.54, 1.807) is 12.1 Å². The van der Waals surface area contributed by atoms with Crippen molar-refractivity contribution in [3.05, 3.63) is 53.9 Å². The Morgan fingerprint density at radius 3 is 2.73 bits per heavy atom. The SMILES string of the molecule is N#Cc1ccc(NC[C@@H](O)COc2ccc(F)c(F)c2)cn1. The van der Waals surface area contributed by atoms with Gasteiger partial charge in [0, 0.05) is 12.6 Å². The van der Waals surface area contributed by atoms with Gasteiger partial charge in [-0.25, -0.2) is 13.8 Å². The van der Waals surface area contributed by atoms with Gasteiger partial charge >= 0.3 is 0 Å². The number of nitrogens with one attached hydrogen (secondary N) is 1. The first kappa shape index (κ1) is 15.7. The summed E-state index contributed by atoms with van der Waals surface area (Å²) in [5.74, 6) is -1.82. The lowest BCUT2D eigenvalue weighted by Gasteiger charge is -2.14. The molecule has 7 heteroatoms. The van der Waals surface area contributed by atoms with E-state index in [4.69, 9.17) is 10.00 Å². The van der Waals surface area contributed by atoms with Crippen molar-refractivity contribution in [3.63, 3.8) is 0 Å². The summed E-state index contributed by atoms with van der Waals surface area (Å²) in [6.45, 7) is 0.0963. The third kappa shape index (κ3) is 4.40. The van der Waals surface area contributed by atoms with Gasteiger partial charge in [0.25, 0.3) is 0 Å². The molecule has 0 saturated heterocycles. The monoisotopic (exact) mass is 305 g/mol. The highest BCUT2D eigenvalue weighted by atomic mass is 19.2. The van der Waals surface area contributed by atoms with Gasteiger partial charge in [0.15, 0.2) is 11.6 Å². The van der Waals surface area contributed by atoms with Crippen molar-refractivity contribution >= 4 is 5.69 Å². The van der Waals surface area contributed by atoms with Crippen LogP contribution in [0.15, 0.2) is 36.5 Å². The molecular weight excluding hydrogens is 292 g/mol. The number of hydrogen-bond donors (Lipinski definition) is 2. The predicted octanol–water partition coefficient (Wildman–Crippen LogP) is 2.08. The first-order valence-corrected chi connectivity index (χ1v) is 6.44. The number of halogens is 2. The van der Waals surface area contributed by atoms with Gasteiger partial charge in [-0.1, -0.05) is 0 Å². The summed E-state index contributed by atoms with van der Waals surface area (Å²) in [6.07, 6.45) is 0.616. The summed E-state index contributed by atoms with van der Waals surface area (Å²) in [6, 6.07) is 8.26. The van der Waals surface area contributed by atoms with E-state index in [2.05, 4.69) is 10.3 Å². The van der Waals surface area contributed by atoms with Gasteiger partial charge in [-0.2, -0.15) is 5.26 Å². The zero-order valence-electron chi connectivity index (χ0n) is 11.5. The second kappa shape index (κ2) is 7.33. The van der Waals surface area contributed by atoms with Crippen molar-refractivity contribution in [1.29, 1.82) is 5.26 Å². The van der Waals surface area contributed by atoms with Gasteiger partial charge in [-0.05, 0) is 24.3 Å². The second-order valence-corrected chi connectivity index (χ2v) is 4.47. The second-order valence-electron chi connectivity index (χ2n) is 4.47. The molecule has 5 nitrogen and oxygen atoms in total. The number of rotatable bonds is 6. The fraction of sp³-hybridized carbons (Fsp3) is 0.200. The molecule has 22 heavy (non-hydrogen) atoms. The summed E-state index contributed by atoms with van der Waals surface area (Å²) in [5.41, 5.74) is 0.943. The largest absolute Gasteiger partial charge is 0.491 e. The van der Waals surface area contributed by atoms with Crippen LogP contribution in [0.25, 0.3) is 0 Å². The van der Waals surface area contributed by atoms with E-state index in [1.165, 1.54) is 12.3 Å². The molecule has 0 spiro atoms. The van der Waals surface area contributed by atoms with Gasteiger partial charge < -0.3 is 15.2 Å². The zero-order valence-corrected chi connectivity index (χ0v) is 11.5. The average Bonchev–Trinajstić information content (AvgIpc) is 2.54. The van der Waals surface area contributed by atoms with Gasteiger partial charge in [0.2, 0.25) is 0 Å². The number of nitrogens with zero attached hydrogens (tertiary/aromatic N) is 2. The van der Waals surface area contributed by atoms with Crippen molar-refractivity contribution in [3.8, 4) is 11.8 Å². The van der Waals surface area contributed by atoms with E-state index in [0.717, 1.165) is 12.1 Å². The van der Waals surface area contributed by atoms with E-state index >= 15 is 0 Å². The molecule has 0 saturated carbocycles. The Labute approximate surface area is 125 Å². The molecular formula is C15H13F2N3O2. The van der Waals surface area contributed by atoms with Crippen LogP contribution in [0.3, 0.4) is 0 Å². The van der Waals surface area contributed by atoms with Crippen LogP contribution < -0.4 is 10.1 Å². The van der Waals surface area contributed by atoms with Crippen LogP contribution in [0, 0.1) is 23.0 Å². The average molecular weight is 305 g/mol. The molecule has 0 amide bonds. The lowest BCUT2D eigenvalue weighted by molar-refractivity contribution is 0.117. The number of benzene rings is 1. The Bertz CT molecular complexity index is 671. The van der Waals surface area contributed by atoms with Crippen LogP contribution in [-0.2, 0) is 0 Å². The first-order chi connectivity index (χ1) is 10.6. The van der Waals surface area contributed by atoms with Crippen LogP contribution in [0.5, 0.6) is 5.75 Å². The molecule has 2 rings (SSSR count). The summed E-state index contributed by atoms with van der Waals surface area (Å²) < 4.78 is 30.9. The quantitative estimate of drug-likeness (QED) is 0.854. The molecule has 1 aromatic carbocycles. The van der Waals surface area contributed by atoms with Crippen LogP contribution in [0.1, 0.15) is 5.69 Å². The fourth-order valence-electron chi connectivity index (χ4n) is 1.62. The molecule has 1 atom stereocenters. The van der Waals surface area contributed by atoms with Crippen LogP contribution in [0.4, 0.5) is 14.5 Å². The lowest BCUT2D eigenvalue weighted by atomic mass is 10.3. The number of hydrogen-bond acceptors (Lipinski definition) is 5. The molecule has 0 bridgehead atoms. The Hall–Kier alpha value is -2.72. The van der Waals surface area contributed by atoms with Gasteiger partial charge in [0.05, 0.1) is 11.9 Å². The lowest BCUT2D eigenvalue weighted by Crippen LogP contribution is -2.26. The molecule has 0 fully saturated rings. The Balaban J connectivity index is 1.78. The molecule has 1 heterocycles. The number of nitriles is 1. The number of aliphatic hydroxyl groups is 1. The van der Waals surface area contributed by atoms with Crippen molar-refractivity contribution in [2.24, 2.45) is 0 Å². The fourth-order valence-corrected chi connectivity index (χ4v) is 1.62. The van der Waals surface area contributed by atoms with E-state index < -0.39 is 17.7 Å². The topological polar surface area (TPSA) is 78.2 Å². The molecule has 0 unspecified atom stereocenters. The standard InChI is InChI=1S/C15H13F2N3O2/c16-14-4-3-13(5-15(14)17)22-9-12(21)8-20-11-2-1-10(6-18)19-7-11/h1-5,7,12,20-21H,8-9H2/t12-/m1/s1. The van der Waals surface area contributed by atoms with Crippen LogP contribution >= 0.6 is 0 Å². The van der Waals surface area contributed by atoms with Crippen molar-refractivity contribution in [2.75, 3.05) is 18.5 Å². The normalized spacial score (nSPS) is 11.5. The molecule has 2 aromatic rings. The minimum Gasteiger partial charge on any atom is -0.491 e. The number of pyridine rings is 1. The number of ether oxygens (including phenoxy) is 1. The first-order valence-electron chi connectivity index (χ1n) is 6.44. The molecule has 0 radical (unpaired) electrons. The van der Waals surface area contributed by atoms with E-state index in [1.807, 2.05) is 6.07 Å². The molecule has 0 aliphatic rings. The smallest absolute Gasteiger partial charge is 0.162 e. The maximum absolute atomic E-state index is 13.0. The number of aliphatic hydroxyl groups excluding tert-OH is 1. The minimum atomic E-state index is -1.01. The van der Waals surface area contributed by atoms with E-state index in [-0.39, 0.29) is 18.9 Å². The predicted molar refractivity (Wildman–Crippen MR) is 75.3 cm³/mol. The highest BCUT2D eigenvalue weighted by Gasteiger charge is 2.08. The van der Waals surface area contributed by atoms with Crippen molar-refractivity contribution in [2.45, 2.75) is 6.10 Å². The van der Waals surface area contributed by atoms with Crippen LogP contribution in [-0.4, -0.2) is 29.3 Å². The van der Waals surface area contributed by atoms with Gasteiger partial charge in [-0.3, -0.25) is 0 Å². The van der Waals surface area contributed by atoms with Gasteiger partial charge in [0.1, 0.15) is 30.2 Å². The minimum absolute atomic E-state index is 0.0816. The summed E-state index contributed by atoms with van der Waals surface area (Å²) in [7, 11) is 0. The van der Waals surface area contributed by atoms with Crippen molar-refractivity contribution < 1.29 is 18.6 Å². The number of aromatic nitrogens is 1. The van der Waals surface area contributed by atoms with Crippen LogP contribution in [0.2, 0.25) is 0 Å². The molecule has 114 valence electrons.